The summed E-state index contributed by atoms with van der Waals surface area (Å²) in [7, 11) is 0. The summed E-state index contributed by atoms with van der Waals surface area (Å²) in [5, 5.41) is 9.32. The number of ketones is 1. The Morgan fingerprint density at radius 1 is 1.25 bits per heavy atom. The minimum atomic E-state index is -0.815. The molecule has 3 nitrogen and oxygen atoms in total. The van der Waals surface area contributed by atoms with E-state index in [4.69, 9.17) is 4.42 Å². The van der Waals surface area contributed by atoms with E-state index in [9.17, 15) is 10.1 Å². The van der Waals surface area contributed by atoms with Crippen LogP contribution in [0.15, 0.2) is 34.7 Å². The maximum atomic E-state index is 12.4. The van der Waals surface area contributed by atoms with Crippen LogP contribution in [0.3, 0.4) is 0 Å². The molecule has 1 atom stereocenters. The SMILES string of the molecule is CCc1ccc(C(=O)C(C#N)c2ccc(C)c(C)c2)o1. The number of rotatable bonds is 4. The van der Waals surface area contributed by atoms with Gasteiger partial charge in [0.25, 0.3) is 0 Å². The molecule has 0 aliphatic rings. The number of benzene rings is 1. The molecule has 0 fully saturated rings. The first-order valence-corrected chi connectivity index (χ1v) is 6.66. The molecule has 1 heterocycles. The van der Waals surface area contributed by atoms with Gasteiger partial charge in [0.1, 0.15) is 11.7 Å². The molecule has 1 aromatic carbocycles. The van der Waals surface area contributed by atoms with Gasteiger partial charge >= 0.3 is 0 Å². The maximum absolute atomic E-state index is 12.4. The monoisotopic (exact) mass is 267 g/mol. The lowest BCUT2D eigenvalue weighted by Crippen LogP contribution is -2.10. The van der Waals surface area contributed by atoms with Gasteiger partial charge in [0, 0.05) is 6.42 Å². The Morgan fingerprint density at radius 3 is 2.55 bits per heavy atom. The Morgan fingerprint density at radius 2 is 2.00 bits per heavy atom. The van der Waals surface area contributed by atoms with Gasteiger partial charge in [-0.1, -0.05) is 25.1 Å². The van der Waals surface area contributed by atoms with Gasteiger partial charge in [-0.25, -0.2) is 0 Å². The first-order chi connectivity index (χ1) is 9.56. The van der Waals surface area contributed by atoms with Crippen LogP contribution in [-0.4, -0.2) is 5.78 Å². The molecular formula is C17H17NO2. The third-order valence-corrected chi connectivity index (χ3v) is 3.51. The summed E-state index contributed by atoms with van der Waals surface area (Å²) in [6, 6.07) is 11.2. The standard InChI is InChI=1S/C17H17NO2/c1-4-14-7-8-16(20-14)17(19)15(10-18)13-6-5-11(2)12(3)9-13/h5-9,15H,4H2,1-3H3. The quantitative estimate of drug-likeness (QED) is 0.788. The van der Waals surface area contributed by atoms with Gasteiger partial charge in [-0.3, -0.25) is 4.79 Å². The van der Waals surface area contributed by atoms with Gasteiger partial charge < -0.3 is 4.42 Å². The second-order valence-corrected chi connectivity index (χ2v) is 4.89. The molecule has 2 rings (SSSR count). The summed E-state index contributed by atoms with van der Waals surface area (Å²) < 4.78 is 5.45. The van der Waals surface area contributed by atoms with Crippen LogP contribution in [0.25, 0.3) is 0 Å². The number of carbonyl (C=O) groups excluding carboxylic acids is 1. The van der Waals surface area contributed by atoms with Gasteiger partial charge in [-0.2, -0.15) is 5.26 Å². The van der Waals surface area contributed by atoms with E-state index in [0.717, 1.165) is 28.9 Å². The third-order valence-electron chi connectivity index (χ3n) is 3.51. The number of hydrogen-bond donors (Lipinski definition) is 0. The fourth-order valence-electron chi connectivity index (χ4n) is 2.07. The lowest BCUT2D eigenvalue weighted by atomic mass is 9.92. The fraction of sp³-hybridized carbons (Fsp3) is 0.294. The lowest BCUT2D eigenvalue weighted by molar-refractivity contribution is 0.0950. The van der Waals surface area contributed by atoms with Gasteiger partial charge in [-0.05, 0) is 42.7 Å². The molecule has 1 aromatic heterocycles. The Bertz CT molecular complexity index is 677. The van der Waals surface area contributed by atoms with E-state index in [-0.39, 0.29) is 11.5 Å². The van der Waals surface area contributed by atoms with E-state index in [0.29, 0.717) is 0 Å². The summed E-state index contributed by atoms with van der Waals surface area (Å²) in [5.41, 5.74) is 2.93. The zero-order chi connectivity index (χ0) is 14.7. The van der Waals surface area contributed by atoms with Crippen molar-refractivity contribution in [2.24, 2.45) is 0 Å². The molecule has 0 saturated heterocycles. The third kappa shape index (κ3) is 2.65. The molecule has 0 amide bonds. The molecule has 0 saturated carbocycles. The molecular weight excluding hydrogens is 250 g/mol. The second kappa shape index (κ2) is 5.75. The van der Waals surface area contributed by atoms with Crippen LogP contribution in [0, 0.1) is 25.2 Å². The lowest BCUT2D eigenvalue weighted by Gasteiger charge is -2.09. The summed E-state index contributed by atoms with van der Waals surface area (Å²) in [6.45, 7) is 5.93. The van der Waals surface area contributed by atoms with Gasteiger partial charge in [0.15, 0.2) is 5.76 Å². The van der Waals surface area contributed by atoms with E-state index in [2.05, 4.69) is 6.07 Å². The van der Waals surface area contributed by atoms with Crippen LogP contribution in [0.2, 0.25) is 0 Å². The van der Waals surface area contributed by atoms with Crippen LogP contribution in [0.5, 0.6) is 0 Å². The van der Waals surface area contributed by atoms with Crippen molar-refractivity contribution in [1.29, 1.82) is 5.26 Å². The van der Waals surface area contributed by atoms with Crippen molar-refractivity contribution in [2.45, 2.75) is 33.1 Å². The summed E-state index contributed by atoms with van der Waals surface area (Å²) in [4.78, 5) is 12.4. The van der Waals surface area contributed by atoms with Crippen LogP contribution in [-0.2, 0) is 6.42 Å². The van der Waals surface area contributed by atoms with Crippen molar-refractivity contribution in [3.05, 3.63) is 58.5 Å². The summed E-state index contributed by atoms with van der Waals surface area (Å²) in [5.74, 6) is -0.0858. The molecule has 0 aliphatic carbocycles. The first-order valence-electron chi connectivity index (χ1n) is 6.66. The van der Waals surface area contributed by atoms with Crippen molar-refractivity contribution in [2.75, 3.05) is 0 Å². The minimum Gasteiger partial charge on any atom is -0.458 e. The van der Waals surface area contributed by atoms with Gasteiger partial charge in [0.05, 0.1) is 6.07 Å². The highest BCUT2D eigenvalue weighted by molar-refractivity contribution is 6.00. The van der Waals surface area contributed by atoms with Crippen molar-refractivity contribution in [3.63, 3.8) is 0 Å². The van der Waals surface area contributed by atoms with Gasteiger partial charge in [-0.15, -0.1) is 0 Å². The van der Waals surface area contributed by atoms with Crippen LogP contribution >= 0.6 is 0 Å². The fourth-order valence-corrected chi connectivity index (χ4v) is 2.07. The van der Waals surface area contributed by atoms with E-state index >= 15 is 0 Å². The predicted molar refractivity (Wildman–Crippen MR) is 76.7 cm³/mol. The van der Waals surface area contributed by atoms with Crippen molar-refractivity contribution in [3.8, 4) is 6.07 Å². The minimum absolute atomic E-state index is 0.256. The molecule has 20 heavy (non-hydrogen) atoms. The molecule has 0 radical (unpaired) electrons. The number of hydrogen-bond acceptors (Lipinski definition) is 3. The number of Topliss-reactive ketones (excluding diaryl/α,β-unsaturated/α-hetero) is 1. The molecule has 2 aromatic rings. The summed E-state index contributed by atoms with van der Waals surface area (Å²) in [6.07, 6.45) is 0.730. The Balaban J connectivity index is 2.34. The smallest absolute Gasteiger partial charge is 0.219 e. The number of furan rings is 1. The number of nitriles is 1. The highest BCUT2D eigenvalue weighted by Crippen LogP contribution is 2.24. The van der Waals surface area contributed by atoms with Crippen molar-refractivity contribution < 1.29 is 9.21 Å². The zero-order valence-corrected chi connectivity index (χ0v) is 11.9. The van der Waals surface area contributed by atoms with Crippen LogP contribution < -0.4 is 0 Å². The number of aryl methyl sites for hydroxylation is 3. The van der Waals surface area contributed by atoms with E-state index < -0.39 is 5.92 Å². The van der Waals surface area contributed by atoms with E-state index in [1.807, 2.05) is 39.0 Å². The maximum Gasteiger partial charge on any atom is 0.219 e. The topological polar surface area (TPSA) is 54.0 Å². The predicted octanol–water partition coefficient (Wildman–Crippen LogP) is 3.95. The second-order valence-electron chi connectivity index (χ2n) is 4.89. The number of nitrogens with zero attached hydrogens (tertiary/aromatic N) is 1. The van der Waals surface area contributed by atoms with Crippen LogP contribution in [0.4, 0.5) is 0 Å². The first kappa shape index (κ1) is 14.1. The van der Waals surface area contributed by atoms with E-state index in [1.165, 1.54) is 0 Å². The average molecular weight is 267 g/mol. The van der Waals surface area contributed by atoms with Crippen molar-refractivity contribution >= 4 is 5.78 Å². The number of carbonyl (C=O) groups is 1. The Labute approximate surface area is 118 Å². The van der Waals surface area contributed by atoms with E-state index in [1.54, 1.807) is 12.1 Å². The molecule has 3 heteroatoms. The Kier molecular flexibility index (Phi) is 4.05. The molecule has 0 spiro atoms. The zero-order valence-electron chi connectivity index (χ0n) is 11.9. The molecule has 102 valence electrons. The highest BCUT2D eigenvalue weighted by Gasteiger charge is 2.24. The summed E-state index contributed by atoms with van der Waals surface area (Å²) >= 11 is 0. The molecule has 1 unspecified atom stereocenters. The van der Waals surface area contributed by atoms with Crippen LogP contribution in [0.1, 0.15) is 45.8 Å². The normalized spacial score (nSPS) is 11.9. The average Bonchev–Trinajstić information content (AvgIpc) is 2.92. The molecule has 0 aliphatic heterocycles. The highest BCUT2D eigenvalue weighted by atomic mass is 16.3. The largest absolute Gasteiger partial charge is 0.458 e. The molecule has 0 bridgehead atoms. The molecule has 0 N–H and O–H groups in total. The Hall–Kier alpha value is -2.34. The van der Waals surface area contributed by atoms with Gasteiger partial charge in [0.2, 0.25) is 5.78 Å². The van der Waals surface area contributed by atoms with Crippen molar-refractivity contribution in [1.82, 2.24) is 0 Å².